The summed E-state index contributed by atoms with van der Waals surface area (Å²) in [4.78, 5) is 26.4. The number of esters is 1. The Hall–Kier alpha value is -3.51. The standard InChI is InChI=1S/C28H30ClNO5/c1-5-30(28(32)35-18-21-8-6-7-9-25(21)29)17-22-14-19(2)10-12-23(22)24-15-20(16-27(31)34-4)11-13-26(24)33-3/h6-15H,5,16-18H2,1-4H3. The fourth-order valence-electron chi connectivity index (χ4n) is 3.79. The van der Waals surface area contributed by atoms with E-state index in [-0.39, 0.29) is 19.0 Å². The molecule has 3 rings (SSSR count). The molecule has 0 aromatic heterocycles. The van der Waals surface area contributed by atoms with Gasteiger partial charge in [0.05, 0.1) is 20.6 Å². The van der Waals surface area contributed by atoms with E-state index < -0.39 is 6.09 Å². The fourth-order valence-corrected chi connectivity index (χ4v) is 3.98. The summed E-state index contributed by atoms with van der Waals surface area (Å²) in [5, 5.41) is 0.559. The first-order valence-electron chi connectivity index (χ1n) is 11.3. The molecule has 0 aliphatic rings. The first-order chi connectivity index (χ1) is 16.9. The number of halogens is 1. The molecule has 0 saturated heterocycles. The number of hydrogen-bond donors (Lipinski definition) is 0. The second kappa shape index (κ2) is 12.3. The number of hydrogen-bond acceptors (Lipinski definition) is 5. The van der Waals surface area contributed by atoms with Crippen molar-refractivity contribution >= 4 is 23.7 Å². The lowest BCUT2D eigenvalue weighted by Crippen LogP contribution is -2.31. The highest BCUT2D eigenvalue weighted by molar-refractivity contribution is 6.31. The van der Waals surface area contributed by atoms with Crippen LogP contribution in [0.2, 0.25) is 5.02 Å². The van der Waals surface area contributed by atoms with Crippen molar-refractivity contribution < 1.29 is 23.8 Å². The maximum atomic E-state index is 12.9. The first kappa shape index (κ1) is 26.1. The Morgan fingerprint density at radius 1 is 0.943 bits per heavy atom. The van der Waals surface area contributed by atoms with Crippen molar-refractivity contribution in [3.05, 3.63) is 87.9 Å². The molecule has 0 aliphatic carbocycles. The average molecular weight is 496 g/mol. The predicted octanol–water partition coefficient (Wildman–Crippen LogP) is 6.20. The quantitative estimate of drug-likeness (QED) is 0.331. The zero-order chi connectivity index (χ0) is 25.4. The van der Waals surface area contributed by atoms with Crippen LogP contribution in [0.25, 0.3) is 11.1 Å². The molecular weight excluding hydrogens is 466 g/mol. The van der Waals surface area contributed by atoms with E-state index in [1.54, 1.807) is 18.1 Å². The molecule has 0 fully saturated rings. The Kier molecular flexibility index (Phi) is 9.15. The Morgan fingerprint density at radius 2 is 1.71 bits per heavy atom. The van der Waals surface area contributed by atoms with Gasteiger partial charge in [0.25, 0.3) is 0 Å². The SMILES string of the molecule is CCN(Cc1cc(C)ccc1-c1cc(CC(=O)OC)ccc1OC)C(=O)OCc1ccccc1Cl. The Balaban J connectivity index is 1.89. The minimum absolute atomic E-state index is 0.0963. The van der Waals surface area contributed by atoms with Gasteiger partial charge in [-0.1, -0.05) is 59.6 Å². The number of amides is 1. The summed E-state index contributed by atoms with van der Waals surface area (Å²) >= 11 is 6.19. The minimum Gasteiger partial charge on any atom is -0.496 e. The van der Waals surface area contributed by atoms with Crippen LogP contribution in [0.15, 0.2) is 60.7 Å². The van der Waals surface area contributed by atoms with Crippen LogP contribution >= 0.6 is 11.6 Å². The van der Waals surface area contributed by atoms with E-state index in [4.69, 9.17) is 25.8 Å². The van der Waals surface area contributed by atoms with Gasteiger partial charge in [-0.2, -0.15) is 0 Å². The van der Waals surface area contributed by atoms with E-state index in [2.05, 4.69) is 0 Å². The molecule has 35 heavy (non-hydrogen) atoms. The second-order valence-electron chi connectivity index (χ2n) is 8.11. The van der Waals surface area contributed by atoms with Crippen LogP contribution in [0.4, 0.5) is 4.79 Å². The molecule has 0 spiro atoms. The van der Waals surface area contributed by atoms with Gasteiger partial charge in [-0.15, -0.1) is 0 Å². The van der Waals surface area contributed by atoms with E-state index in [0.717, 1.165) is 33.4 Å². The lowest BCUT2D eigenvalue weighted by atomic mass is 9.94. The summed E-state index contributed by atoms with van der Waals surface area (Å²) in [7, 11) is 2.98. The molecule has 1 amide bonds. The zero-order valence-electron chi connectivity index (χ0n) is 20.5. The molecule has 3 aromatic carbocycles. The molecule has 0 radical (unpaired) electrons. The van der Waals surface area contributed by atoms with Crippen molar-refractivity contribution in [1.82, 2.24) is 4.90 Å². The van der Waals surface area contributed by atoms with Gasteiger partial charge >= 0.3 is 12.1 Å². The molecule has 0 atom stereocenters. The summed E-state index contributed by atoms with van der Waals surface area (Å²) in [5.41, 5.74) is 5.32. The number of benzene rings is 3. The molecule has 0 N–H and O–H groups in total. The Bertz CT molecular complexity index is 1190. The fraction of sp³-hybridized carbons (Fsp3) is 0.286. The van der Waals surface area contributed by atoms with Gasteiger partial charge in [-0.3, -0.25) is 4.79 Å². The van der Waals surface area contributed by atoms with Gasteiger partial charge < -0.3 is 19.1 Å². The topological polar surface area (TPSA) is 65.1 Å². The molecule has 6 nitrogen and oxygen atoms in total. The Morgan fingerprint density at radius 3 is 2.40 bits per heavy atom. The minimum atomic E-state index is -0.425. The molecular formula is C28H30ClNO5. The number of carbonyl (C=O) groups excluding carboxylic acids is 2. The highest BCUT2D eigenvalue weighted by atomic mass is 35.5. The highest BCUT2D eigenvalue weighted by Gasteiger charge is 2.19. The first-order valence-corrected chi connectivity index (χ1v) is 11.7. The van der Waals surface area contributed by atoms with Crippen LogP contribution in [0.5, 0.6) is 5.75 Å². The third kappa shape index (κ3) is 6.76. The van der Waals surface area contributed by atoms with Crippen LogP contribution in [-0.4, -0.2) is 37.7 Å². The lowest BCUT2D eigenvalue weighted by molar-refractivity contribution is -0.139. The number of methoxy groups -OCH3 is 2. The third-order valence-electron chi connectivity index (χ3n) is 5.70. The van der Waals surface area contributed by atoms with Gasteiger partial charge in [0.2, 0.25) is 0 Å². The molecule has 0 unspecified atom stereocenters. The lowest BCUT2D eigenvalue weighted by Gasteiger charge is -2.23. The number of ether oxygens (including phenoxy) is 3. The summed E-state index contributed by atoms with van der Waals surface area (Å²) in [5.74, 6) is 0.358. The van der Waals surface area contributed by atoms with Gasteiger partial charge in [-0.05, 0) is 48.7 Å². The summed E-state index contributed by atoms with van der Waals surface area (Å²) < 4.78 is 16.0. The number of aryl methyl sites for hydroxylation is 1. The normalized spacial score (nSPS) is 10.5. The summed E-state index contributed by atoms with van der Waals surface area (Å²) in [6.07, 6.45) is -0.268. The van der Waals surface area contributed by atoms with Crippen molar-refractivity contribution in [2.24, 2.45) is 0 Å². The molecule has 0 saturated carbocycles. The van der Waals surface area contributed by atoms with E-state index in [0.29, 0.717) is 23.9 Å². The van der Waals surface area contributed by atoms with Crippen molar-refractivity contribution in [1.29, 1.82) is 0 Å². The number of nitrogens with zero attached hydrogens (tertiary/aromatic N) is 1. The summed E-state index contributed by atoms with van der Waals surface area (Å²) in [6.45, 7) is 4.82. The molecule has 0 heterocycles. The molecule has 7 heteroatoms. The van der Waals surface area contributed by atoms with E-state index >= 15 is 0 Å². The van der Waals surface area contributed by atoms with Gasteiger partial charge in [-0.25, -0.2) is 4.79 Å². The molecule has 0 aliphatic heterocycles. The average Bonchev–Trinajstić information content (AvgIpc) is 2.86. The van der Waals surface area contributed by atoms with Crippen molar-refractivity contribution in [3.63, 3.8) is 0 Å². The van der Waals surface area contributed by atoms with Crippen molar-refractivity contribution in [3.8, 4) is 16.9 Å². The Labute approximate surface area is 211 Å². The molecule has 184 valence electrons. The third-order valence-corrected chi connectivity index (χ3v) is 6.07. The predicted molar refractivity (Wildman–Crippen MR) is 137 cm³/mol. The van der Waals surface area contributed by atoms with Gasteiger partial charge in [0, 0.05) is 29.2 Å². The van der Waals surface area contributed by atoms with Crippen molar-refractivity contribution in [2.45, 2.75) is 33.4 Å². The smallest absolute Gasteiger partial charge is 0.410 e. The highest BCUT2D eigenvalue weighted by Crippen LogP contribution is 2.35. The molecule has 3 aromatic rings. The van der Waals surface area contributed by atoms with E-state index in [9.17, 15) is 9.59 Å². The maximum absolute atomic E-state index is 12.9. The van der Waals surface area contributed by atoms with Crippen LogP contribution in [0.3, 0.4) is 0 Å². The summed E-state index contributed by atoms with van der Waals surface area (Å²) in [6, 6.07) is 19.0. The number of rotatable bonds is 9. The molecule has 0 bridgehead atoms. The largest absolute Gasteiger partial charge is 0.496 e. The monoisotopic (exact) mass is 495 g/mol. The van der Waals surface area contributed by atoms with Crippen LogP contribution in [-0.2, 0) is 33.8 Å². The van der Waals surface area contributed by atoms with Gasteiger partial charge in [0.1, 0.15) is 12.4 Å². The van der Waals surface area contributed by atoms with Gasteiger partial charge in [0.15, 0.2) is 0 Å². The van der Waals surface area contributed by atoms with Crippen LogP contribution in [0.1, 0.15) is 29.2 Å². The van der Waals surface area contributed by atoms with Crippen LogP contribution < -0.4 is 4.74 Å². The van der Waals surface area contributed by atoms with E-state index in [1.807, 2.05) is 68.4 Å². The van der Waals surface area contributed by atoms with Crippen molar-refractivity contribution in [2.75, 3.05) is 20.8 Å². The second-order valence-corrected chi connectivity index (χ2v) is 8.52. The zero-order valence-corrected chi connectivity index (χ0v) is 21.2. The number of carbonyl (C=O) groups is 2. The van der Waals surface area contributed by atoms with E-state index in [1.165, 1.54) is 7.11 Å². The maximum Gasteiger partial charge on any atom is 0.410 e. The van der Waals surface area contributed by atoms with Crippen LogP contribution in [0, 0.1) is 6.92 Å².